The van der Waals surface area contributed by atoms with Gasteiger partial charge in [-0.25, -0.2) is 4.79 Å². The number of nitrogens with zero attached hydrogens (tertiary/aromatic N) is 2. The van der Waals surface area contributed by atoms with Gasteiger partial charge >= 0.3 is 5.97 Å². The van der Waals surface area contributed by atoms with Gasteiger partial charge in [-0.15, -0.1) is 24.0 Å². The van der Waals surface area contributed by atoms with Crippen LogP contribution in [0, 0.1) is 0 Å². The Balaban J connectivity index is 0.00000200. The molecular formula is C14H20IN3O2. The van der Waals surface area contributed by atoms with Crippen molar-refractivity contribution in [3.05, 3.63) is 35.4 Å². The third-order valence-electron chi connectivity index (χ3n) is 3.13. The minimum atomic E-state index is -0.299. The quantitative estimate of drug-likeness (QED) is 0.627. The molecule has 0 bridgehead atoms. The summed E-state index contributed by atoms with van der Waals surface area (Å²) in [6.45, 7) is 2.68. The highest BCUT2D eigenvalue weighted by Gasteiger charge is 2.11. The first kappa shape index (κ1) is 16.7. The van der Waals surface area contributed by atoms with Crippen LogP contribution in [0.15, 0.2) is 29.3 Å². The van der Waals surface area contributed by atoms with Crippen LogP contribution >= 0.6 is 24.0 Å². The molecule has 0 unspecified atom stereocenters. The van der Waals surface area contributed by atoms with Gasteiger partial charge in [0.1, 0.15) is 0 Å². The van der Waals surface area contributed by atoms with E-state index in [1.807, 2.05) is 19.2 Å². The van der Waals surface area contributed by atoms with Crippen LogP contribution in [0.25, 0.3) is 0 Å². The van der Waals surface area contributed by atoms with Crippen LogP contribution in [-0.4, -0.2) is 50.6 Å². The van der Waals surface area contributed by atoms with Gasteiger partial charge < -0.3 is 15.0 Å². The molecule has 1 aliphatic rings. The maximum absolute atomic E-state index is 11.3. The van der Waals surface area contributed by atoms with Gasteiger partial charge in [0.15, 0.2) is 5.96 Å². The van der Waals surface area contributed by atoms with E-state index in [9.17, 15) is 4.79 Å². The predicted molar refractivity (Wildman–Crippen MR) is 89.8 cm³/mol. The molecule has 20 heavy (non-hydrogen) atoms. The van der Waals surface area contributed by atoms with Crippen molar-refractivity contribution in [3.63, 3.8) is 0 Å². The smallest absolute Gasteiger partial charge is 0.337 e. The lowest BCUT2D eigenvalue weighted by Crippen LogP contribution is -2.36. The predicted octanol–water partition coefficient (Wildman–Crippen LogP) is 1.52. The number of likely N-dealkylation sites (N-methyl/N-ethyl adjacent to an activating group) is 1. The molecule has 0 saturated carbocycles. The molecule has 5 nitrogen and oxygen atoms in total. The van der Waals surface area contributed by atoms with Crippen molar-refractivity contribution < 1.29 is 9.53 Å². The second kappa shape index (κ2) is 8.08. The van der Waals surface area contributed by atoms with Crippen LogP contribution in [0.3, 0.4) is 0 Å². The lowest BCUT2D eigenvalue weighted by molar-refractivity contribution is 0.0600. The average Bonchev–Trinajstić information content (AvgIpc) is 2.84. The largest absolute Gasteiger partial charge is 0.465 e. The van der Waals surface area contributed by atoms with Crippen molar-refractivity contribution in [1.29, 1.82) is 0 Å². The van der Waals surface area contributed by atoms with Gasteiger partial charge in [-0.05, 0) is 24.1 Å². The SMILES string of the molecule is COC(=O)c1ccc(CCNC2=NCCN2C)cc1.I. The highest BCUT2D eigenvalue weighted by atomic mass is 127. The number of nitrogens with one attached hydrogen (secondary N) is 1. The lowest BCUT2D eigenvalue weighted by Gasteiger charge is -2.15. The maximum atomic E-state index is 11.3. The third-order valence-corrected chi connectivity index (χ3v) is 3.13. The molecule has 1 aromatic carbocycles. The van der Waals surface area contributed by atoms with Crippen LogP contribution in [0.4, 0.5) is 0 Å². The van der Waals surface area contributed by atoms with Crippen LogP contribution < -0.4 is 5.32 Å². The van der Waals surface area contributed by atoms with Gasteiger partial charge in [-0.2, -0.15) is 0 Å². The summed E-state index contributed by atoms with van der Waals surface area (Å²) in [6.07, 6.45) is 0.897. The number of carbonyl (C=O) groups excluding carboxylic acids is 1. The van der Waals surface area contributed by atoms with E-state index in [-0.39, 0.29) is 29.9 Å². The van der Waals surface area contributed by atoms with Gasteiger partial charge in [0.25, 0.3) is 0 Å². The standard InChI is InChI=1S/C14H19N3O2.HI/c1-17-10-9-16-14(17)15-8-7-11-3-5-12(6-4-11)13(18)19-2;/h3-6H,7-10H2,1-2H3,(H,15,16);1H. The average molecular weight is 389 g/mol. The second-order valence-electron chi connectivity index (χ2n) is 4.49. The highest BCUT2D eigenvalue weighted by molar-refractivity contribution is 14.0. The summed E-state index contributed by atoms with van der Waals surface area (Å²) in [5.41, 5.74) is 1.76. The first-order valence-electron chi connectivity index (χ1n) is 6.37. The number of benzene rings is 1. The third kappa shape index (κ3) is 4.36. The Morgan fingerprint density at radius 1 is 1.40 bits per heavy atom. The Morgan fingerprint density at radius 2 is 2.10 bits per heavy atom. The number of guanidine groups is 1. The number of methoxy groups -OCH3 is 1. The first-order chi connectivity index (χ1) is 9.20. The fraction of sp³-hybridized carbons (Fsp3) is 0.429. The molecule has 0 atom stereocenters. The summed E-state index contributed by atoms with van der Waals surface area (Å²) < 4.78 is 4.66. The van der Waals surface area contributed by atoms with Gasteiger partial charge in [-0.1, -0.05) is 12.1 Å². The zero-order valence-corrected chi connectivity index (χ0v) is 14.1. The van der Waals surface area contributed by atoms with Crippen molar-refractivity contribution >= 4 is 35.9 Å². The Morgan fingerprint density at radius 3 is 2.65 bits per heavy atom. The summed E-state index contributed by atoms with van der Waals surface area (Å²) in [6, 6.07) is 7.49. The summed E-state index contributed by atoms with van der Waals surface area (Å²) in [7, 11) is 3.42. The fourth-order valence-electron chi connectivity index (χ4n) is 1.97. The molecule has 0 spiro atoms. The zero-order valence-electron chi connectivity index (χ0n) is 11.8. The Labute approximate surface area is 136 Å². The zero-order chi connectivity index (χ0) is 13.7. The number of carbonyl (C=O) groups is 1. The minimum Gasteiger partial charge on any atom is -0.465 e. The molecule has 0 saturated heterocycles. The van der Waals surface area contributed by atoms with Crippen LogP contribution in [0.2, 0.25) is 0 Å². The first-order valence-corrected chi connectivity index (χ1v) is 6.37. The van der Waals surface area contributed by atoms with Gasteiger partial charge in [0, 0.05) is 20.1 Å². The minimum absolute atomic E-state index is 0. The molecule has 0 aromatic heterocycles. The number of aliphatic imine (C=N–C) groups is 1. The summed E-state index contributed by atoms with van der Waals surface area (Å²) >= 11 is 0. The van der Waals surface area contributed by atoms with E-state index < -0.39 is 0 Å². The molecule has 0 amide bonds. The summed E-state index contributed by atoms with van der Waals surface area (Å²) in [5.74, 6) is 0.665. The molecule has 1 heterocycles. The van der Waals surface area contributed by atoms with Gasteiger partial charge in [0.2, 0.25) is 0 Å². The second-order valence-corrected chi connectivity index (χ2v) is 4.49. The Hall–Kier alpha value is -1.31. The van der Waals surface area contributed by atoms with Crippen LogP contribution in [0.1, 0.15) is 15.9 Å². The van der Waals surface area contributed by atoms with Crippen LogP contribution in [0.5, 0.6) is 0 Å². The van der Waals surface area contributed by atoms with Crippen molar-refractivity contribution in [3.8, 4) is 0 Å². The van der Waals surface area contributed by atoms with Crippen molar-refractivity contribution in [2.45, 2.75) is 6.42 Å². The molecular weight excluding hydrogens is 369 g/mol. The van der Waals surface area contributed by atoms with Crippen molar-refractivity contribution in [2.24, 2.45) is 4.99 Å². The topological polar surface area (TPSA) is 53.9 Å². The molecule has 2 rings (SSSR count). The van der Waals surface area contributed by atoms with E-state index in [4.69, 9.17) is 0 Å². The number of ether oxygens (including phenoxy) is 1. The monoisotopic (exact) mass is 389 g/mol. The van der Waals surface area contributed by atoms with E-state index in [0.29, 0.717) is 5.56 Å². The van der Waals surface area contributed by atoms with E-state index in [1.165, 1.54) is 12.7 Å². The van der Waals surface area contributed by atoms with E-state index >= 15 is 0 Å². The fourth-order valence-corrected chi connectivity index (χ4v) is 1.97. The number of hydrogen-bond acceptors (Lipinski definition) is 5. The molecule has 0 radical (unpaired) electrons. The molecule has 1 N–H and O–H groups in total. The molecule has 110 valence electrons. The normalized spacial score (nSPS) is 13.5. The van der Waals surface area contributed by atoms with Crippen LogP contribution in [-0.2, 0) is 11.2 Å². The lowest BCUT2D eigenvalue weighted by atomic mass is 10.1. The number of halogens is 1. The van der Waals surface area contributed by atoms with E-state index in [2.05, 4.69) is 19.9 Å². The summed E-state index contributed by atoms with van der Waals surface area (Å²) in [4.78, 5) is 17.8. The van der Waals surface area contributed by atoms with E-state index in [0.717, 1.165) is 32.0 Å². The number of hydrogen-bond donors (Lipinski definition) is 1. The number of esters is 1. The summed E-state index contributed by atoms with van der Waals surface area (Å²) in [5, 5.41) is 3.31. The molecule has 1 aliphatic heterocycles. The maximum Gasteiger partial charge on any atom is 0.337 e. The molecule has 1 aromatic rings. The van der Waals surface area contributed by atoms with Gasteiger partial charge in [0.05, 0.1) is 19.2 Å². The van der Waals surface area contributed by atoms with E-state index in [1.54, 1.807) is 12.1 Å². The molecule has 6 heteroatoms. The van der Waals surface area contributed by atoms with Crippen molar-refractivity contribution in [1.82, 2.24) is 10.2 Å². The Bertz CT molecular complexity index is 474. The highest BCUT2D eigenvalue weighted by Crippen LogP contribution is 2.06. The number of rotatable bonds is 4. The molecule has 0 fully saturated rings. The Kier molecular flexibility index (Phi) is 6.77. The van der Waals surface area contributed by atoms with Crippen molar-refractivity contribution in [2.75, 3.05) is 33.8 Å². The van der Waals surface area contributed by atoms with Gasteiger partial charge in [-0.3, -0.25) is 4.99 Å². The molecule has 0 aliphatic carbocycles.